The molecular formula is C10H10N4O4. The number of carbonyl (C=O) groups excluding carboxylic acids is 1. The summed E-state index contributed by atoms with van der Waals surface area (Å²) in [5, 5.41) is 10.7. The van der Waals surface area contributed by atoms with Crippen molar-refractivity contribution >= 4 is 22.8 Å². The Balaban J connectivity index is 2.52. The highest BCUT2D eigenvalue weighted by Crippen LogP contribution is 2.20. The van der Waals surface area contributed by atoms with Crippen LogP contribution in [0.2, 0.25) is 0 Å². The SMILES string of the molecule is CCOC(=O)c1nc2nc(C)c([N+](=O)[O-])cc2[nH]1. The molecule has 0 saturated carbocycles. The second kappa shape index (κ2) is 4.40. The van der Waals surface area contributed by atoms with Crippen LogP contribution in [0.15, 0.2) is 6.07 Å². The minimum atomic E-state index is -0.615. The van der Waals surface area contributed by atoms with Gasteiger partial charge in [0.1, 0.15) is 5.69 Å². The quantitative estimate of drug-likeness (QED) is 0.500. The number of ether oxygens (including phenoxy) is 1. The third kappa shape index (κ3) is 1.99. The zero-order chi connectivity index (χ0) is 13.3. The van der Waals surface area contributed by atoms with Gasteiger partial charge < -0.3 is 9.72 Å². The lowest BCUT2D eigenvalue weighted by molar-refractivity contribution is -0.385. The van der Waals surface area contributed by atoms with Crippen molar-refractivity contribution < 1.29 is 14.5 Å². The van der Waals surface area contributed by atoms with Crippen molar-refractivity contribution in [3.05, 3.63) is 27.7 Å². The van der Waals surface area contributed by atoms with Crippen LogP contribution in [0, 0.1) is 17.0 Å². The molecule has 2 heterocycles. The molecular weight excluding hydrogens is 240 g/mol. The third-order valence-electron chi connectivity index (χ3n) is 2.30. The fourth-order valence-electron chi connectivity index (χ4n) is 1.50. The lowest BCUT2D eigenvalue weighted by Crippen LogP contribution is -2.06. The summed E-state index contributed by atoms with van der Waals surface area (Å²) >= 11 is 0. The van der Waals surface area contributed by atoms with Crippen LogP contribution in [0.5, 0.6) is 0 Å². The number of nitrogens with one attached hydrogen (secondary N) is 1. The number of H-pyrrole nitrogens is 1. The van der Waals surface area contributed by atoms with Gasteiger partial charge in [-0.25, -0.2) is 14.8 Å². The first kappa shape index (κ1) is 12.0. The summed E-state index contributed by atoms with van der Waals surface area (Å²) in [4.78, 5) is 32.2. The van der Waals surface area contributed by atoms with E-state index in [1.165, 1.54) is 13.0 Å². The van der Waals surface area contributed by atoms with Crippen LogP contribution in [0.3, 0.4) is 0 Å². The molecule has 0 aromatic carbocycles. The molecule has 0 aliphatic carbocycles. The van der Waals surface area contributed by atoms with Crippen molar-refractivity contribution in [1.82, 2.24) is 15.0 Å². The van der Waals surface area contributed by atoms with Crippen molar-refractivity contribution in [2.24, 2.45) is 0 Å². The first-order valence-corrected chi connectivity index (χ1v) is 5.21. The number of aryl methyl sites for hydroxylation is 1. The topological polar surface area (TPSA) is 111 Å². The van der Waals surface area contributed by atoms with Gasteiger partial charge in [-0.05, 0) is 13.8 Å². The maximum absolute atomic E-state index is 11.4. The van der Waals surface area contributed by atoms with Crippen LogP contribution in [0.1, 0.15) is 23.2 Å². The molecule has 0 bridgehead atoms. The van der Waals surface area contributed by atoms with Gasteiger partial charge in [0.05, 0.1) is 17.0 Å². The third-order valence-corrected chi connectivity index (χ3v) is 2.30. The van der Waals surface area contributed by atoms with Gasteiger partial charge in [-0.15, -0.1) is 0 Å². The molecule has 2 aromatic rings. The van der Waals surface area contributed by atoms with E-state index in [2.05, 4.69) is 15.0 Å². The van der Waals surface area contributed by atoms with Crippen molar-refractivity contribution in [2.75, 3.05) is 6.61 Å². The lowest BCUT2D eigenvalue weighted by Gasteiger charge is -1.95. The summed E-state index contributed by atoms with van der Waals surface area (Å²) in [6.07, 6.45) is 0. The molecule has 1 N–H and O–H groups in total. The number of aromatic nitrogens is 3. The summed E-state index contributed by atoms with van der Waals surface area (Å²) in [5.74, 6) is -0.630. The number of carbonyl (C=O) groups is 1. The zero-order valence-electron chi connectivity index (χ0n) is 9.76. The normalized spacial score (nSPS) is 10.6. The number of hydrogen-bond acceptors (Lipinski definition) is 6. The van der Waals surface area contributed by atoms with Crippen molar-refractivity contribution in [1.29, 1.82) is 0 Å². The van der Waals surface area contributed by atoms with Gasteiger partial charge in [-0.3, -0.25) is 10.1 Å². The van der Waals surface area contributed by atoms with Gasteiger partial charge in [-0.1, -0.05) is 0 Å². The molecule has 0 saturated heterocycles. The molecule has 0 spiro atoms. The highest BCUT2D eigenvalue weighted by molar-refractivity contribution is 5.89. The molecule has 2 rings (SSSR count). The standard InChI is InChI=1S/C10H10N4O4/c1-3-18-10(15)9-12-6-4-7(14(16)17)5(2)11-8(6)13-9/h4H,3H2,1-2H3,(H,11,12,13). The second-order valence-corrected chi connectivity index (χ2v) is 3.53. The molecule has 94 valence electrons. The molecule has 8 nitrogen and oxygen atoms in total. The van der Waals surface area contributed by atoms with Gasteiger partial charge in [0, 0.05) is 6.07 Å². The van der Waals surface area contributed by atoms with E-state index in [0.29, 0.717) is 5.52 Å². The predicted molar refractivity (Wildman–Crippen MR) is 61.2 cm³/mol. The number of nitrogens with zero attached hydrogens (tertiary/aromatic N) is 3. The average molecular weight is 250 g/mol. The first-order chi connectivity index (χ1) is 8.52. The Kier molecular flexibility index (Phi) is 2.92. The second-order valence-electron chi connectivity index (χ2n) is 3.53. The lowest BCUT2D eigenvalue weighted by atomic mass is 10.3. The van der Waals surface area contributed by atoms with Gasteiger partial charge in [0.25, 0.3) is 5.69 Å². The Bertz CT molecular complexity index is 634. The van der Waals surface area contributed by atoms with Crippen molar-refractivity contribution in [3.63, 3.8) is 0 Å². The van der Waals surface area contributed by atoms with Crippen LogP contribution < -0.4 is 0 Å². The number of hydrogen-bond donors (Lipinski definition) is 1. The van der Waals surface area contributed by atoms with Gasteiger partial charge >= 0.3 is 5.97 Å². The van der Waals surface area contributed by atoms with Crippen LogP contribution in [-0.2, 0) is 4.74 Å². The van der Waals surface area contributed by atoms with Crippen LogP contribution in [0.25, 0.3) is 11.2 Å². The number of aromatic amines is 1. The van der Waals surface area contributed by atoms with Gasteiger partial charge in [-0.2, -0.15) is 0 Å². The fraction of sp³-hybridized carbons (Fsp3) is 0.300. The monoisotopic (exact) mass is 250 g/mol. The molecule has 2 aromatic heterocycles. The van der Waals surface area contributed by atoms with Crippen molar-refractivity contribution in [3.8, 4) is 0 Å². The molecule has 8 heteroatoms. The average Bonchev–Trinajstić information content (AvgIpc) is 2.70. The maximum atomic E-state index is 11.4. The number of esters is 1. The molecule has 18 heavy (non-hydrogen) atoms. The molecule has 0 unspecified atom stereocenters. The van der Waals surface area contributed by atoms with Crippen LogP contribution in [-0.4, -0.2) is 32.5 Å². The van der Waals surface area contributed by atoms with Crippen LogP contribution in [0.4, 0.5) is 5.69 Å². The van der Waals surface area contributed by atoms with E-state index in [0.717, 1.165) is 0 Å². The molecule has 0 aliphatic rings. The Morgan fingerprint density at radius 2 is 2.28 bits per heavy atom. The summed E-state index contributed by atoms with van der Waals surface area (Å²) < 4.78 is 4.77. The van der Waals surface area contributed by atoms with E-state index in [4.69, 9.17) is 4.74 Å². The molecule has 0 amide bonds. The summed E-state index contributed by atoms with van der Waals surface area (Å²) in [7, 11) is 0. The maximum Gasteiger partial charge on any atom is 0.374 e. The van der Waals surface area contributed by atoms with E-state index >= 15 is 0 Å². The highest BCUT2D eigenvalue weighted by Gasteiger charge is 2.18. The Morgan fingerprint density at radius 1 is 1.56 bits per heavy atom. The number of rotatable bonds is 3. The number of fused-ring (bicyclic) bond motifs is 1. The Labute approximate surface area is 101 Å². The predicted octanol–water partition coefficient (Wildman–Crippen LogP) is 1.35. The first-order valence-electron chi connectivity index (χ1n) is 5.21. The van der Waals surface area contributed by atoms with Gasteiger partial charge in [0.2, 0.25) is 5.82 Å². The summed E-state index contributed by atoms with van der Waals surface area (Å²) in [6, 6.07) is 1.30. The summed E-state index contributed by atoms with van der Waals surface area (Å²) in [6.45, 7) is 3.41. The Morgan fingerprint density at radius 3 is 2.89 bits per heavy atom. The number of pyridine rings is 1. The Hall–Kier alpha value is -2.51. The molecule has 0 aliphatic heterocycles. The van der Waals surface area contributed by atoms with E-state index in [-0.39, 0.29) is 29.5 Å². The fourth-order valence-corrected chi connectivity index (χ4v) is 1.50. The van der Waals surface area contributed by atoms with E-state index < -0.39 is 10.9 Å². The van der Waals surface area contributed by atoms with Gasteiger partial charge in [0.15, 0.2) is 5.65 Å². The van der Waals surface area contributed by atoms with Crippen molar-refractivity contribution in [2.45, 2.75) is 13.8 Å². The molecule has 0 fully saturated rings. The smallest absolute Gasteiger partial charge is 0.374 e. The zero-order valence-corrected chi connectivity index (χ0v) is 9.76. The number of imidazole rings is 1. The minimum absolute atomic E-state index is 0.0146. The summed E-state index contributed by atoms with van der Waals surface area (Å²) in [5.41, 5.74) is 0.701. The minimum Gasteiger partial charge on any atom is -0.460 e. The van der Waals surface area contributed by atoms with E-state index in [1.54, 1.807) is 6.92 Å². The number of nitro groups is 1. The van der Waals surface area contributed by atoms with E-state index in [1.807, 2.05) is 0 Å². The molecule has 0 atom stereocenters. The van der Waals surface area contributed by atoms with E-state index in [9.17, 15) is 14.9 Å². The molecule has 0 radical (unpaired) electrons. The largest absolute Gasteiger partial charge is 0.460 e. The highest BCUT2D eigenvalue weighted by atomic mass is 16.6. The van der Waals surface area contributed by atoms with Crippen LogP contribution >= 0.6 is 0 Å².